The van der Waals surface area contributed by atoms with Crippen molar-refractivity contribution in [3.8, 4) is 0 Å². The van der Waals surface area contributed by atoms with Gasteiger partial charge >= 0.3 is 6.18 Å². The lowest BCUT2D eigenvalue weighted by Crippen LogP contribution is -2.59. The van der Waals surface area contributed by atoms with E-state index in [-0.39, 0.29) is 42.0 Å². The molecule has 0 bridgehead atoms. The Hall–Kier alpha value is -4.31. The van der Waals surface area contributed by atoms with E-state index in [0.717, 1.165) is 66.8 Å². The molecule has 7 nitrogen and oxygen atoms in total. The SMILES string of the molecule is Cc1[nH]c2ccccc2c1[C@@H]1[C@@H](CC(=O)N(Cc2ccc(C(F)(F)F)cc2)C2(C(=O)Nc3ccc(N4CCOCC4)cc3)CCCCC2)C1(C)C. The Morgan fingerprint density at radius 1 is 0.941 bits per heavy atom. The number of nitrogens with one attached hydrogen (secondary N) is 2. The zero-order valence-electron chi connectivity index (χ0n) is 29.6. The van der Waals surface area contributed by atoms with Gasteiger partial charge in [-0.2, -0.15) is 13.2 Å². The molecule has 1 saturated heterocycles. The molecule has 0 spiro atoms. The molecule has 51 heavy (non-hydrogen) atoms. The lowest BCUT2D eigenvalue weighted by molar-refractivity contribution is -0.149. The first-order chi connectivity index (χ1) is 24.4. The summed E-state index contributed by atoms with van der Waals surface area (Å²) in [7, 11) is 0. The third-order valence-corrected chi connectivity index (χ3v) is 11.7. The topological polar surface area (TPSA) is 77.7 Å². The predicted molar refractivity (Wildman–Crippen MR) is 194 cm³/mol. The number of carbonyl (C=O) groups is 2. The summed E-state index contributed by atoms with van der Waals surface area (Å²) in [6.07, 6.45) is -0.780. The Morgan fingerprint density at radius 2 is 1.61 bits per heavy atom. The third kappa shape index (κ3) is 6.87. The Bertz CT molecular complexity index is 1870. The van der Waals surface area contributed by atoms with Crippen LogP contribution in [0, 0.1) is 18.3 Å². The lowest BCUT2D eigenvalue weighted by Gasteiger charge is -2.45. The van der Waals surface area contributed by atoms with Crippen LogP contribution in [-0.4, -0.2) is 53.5 Å². The highest BCUT2D eigenvalue weighted by atomic mass is 19.4. The zero-order valence-corrected chi connectivity index (χ0v) is 29.6. The van der Waals surface area contributed by atoms with E-state index in [2.05, 4.69) is 48.1 Å². The summed E-state index contributed by atoms with van der Waals surface area (Å²) in [6.45, 7) is 9.46. The second-order valence-corrected chi connectivity index (χ2v) is 15.2. The number of morpholine rings is 1. The minimum Gasteiger partial charge on any atom is -0.378 e. The van der Waals surface area contributed by atoms with Gasteiger partial charge in [0, 0.05) is 54.0 Å². The number of aromatic nitrogens is 1. The summed E-state index contributed by atoms with van der Waals surface area (Å²) < 4.78 is 45.9. The molecule has 10 heteroatoms. The Morgan fingerprint density at radius 3 is 2.27 bits per heavy atom. The lowest BCUT2D eigenvalue weighted by atomic mass is 9.78. The number of hydrogen-bond donors (Lipinski definition) is 2. The fraction of sp³-hybridized carbons (Fsp3) is 0.463. The molecule has 2 heterocycles. The van der Waals surface area contributed by atoms with Gasteiger partial charge in [-0.25, -0.2) is 0 Å². The predicted octanol–water partition coefficient (Wildman–Crippen LogP) is 8.83. The average Bonchev–Trinajstić information content (AvgIpc) is 3.47. The number of rotatable bonds is 9. The number of para-hydroxylation sites is 1. The molecule has 2 aliphatic carbocycles. The van der Waals surface area contributed by atoms with Crippen molar-refractivity contribution in [3.63, 3.8) is 0 Å². The van der Waals surface area contributed by atoms with Crippen molar-refractivity contribution in [2.75, 3.05) is 36.5 Å². The van der Waals surface area contributed by atoms with Gasteiger partial charge in [0.25, 0.3) is 0 Å². The van der Waals surface area contributed by atoms with Gasteiger partial charge in [-0.15, -0.1) is 0 Å². The van der Waals surface area contributed by atoms with Gasteiger partial charge in [0.15, 0.2) is 0 Å². The Balaban J connectivity index is 1.19. The number of fused-ring (bicyclic) bond motifs is 1. The number of benzene rings is 3. The van der Waals surface area contributed by atoms with Crippen molar-refractivity contribution in [2.24, 2.45) is 11.3 Å². The smallest absolute Gasteiger partial charge is 0.378 e. The van der Waals surface area contributed by atoms with Gasteiger partial charge in [0.1, 0.15) is 5.54 Å². The van der Waals surface area contributed by atoms with Crippen LogP contribution < -0.4 is 10.2 Å². The van der Waals surface area contributed by atoms with Gasteiger partial charge < -0.3 is 24.8 Å². The van der Waals surface area contributed by atoms with Gasteiger partial charge in [0.2, 0.25) is 11.8 Å². The number of halogens is 3. The number of carbonyl (C=O) groups excluding carboxylic acids is 2. The van der Waals surface area contributed by atoms with Gasteiger partial charge in [-0.3, -0.25) is 9.59 Å². The van der Waals surface area contributed by atoms with E-state index in [1.165, 1.54) is 17.7 Å². The zero-order chi connectivity index (χ0) is 36.0. The molecule has 1 aliphatic heterocycles. The van der Waals surface area contributed by atoms with E-state index in [9.17, 15) is 22.8 Å². The van der Waals surface area contributed by atoms with Crippen LogP contribution >= 0.6 is 0 Å². The van der Waals surface area contributed by atoms with Crippen molar-refractivity contribution in [1.29, 1.82) is 0 Å². The second-order valence-electron chi connectivity index (χ2n) is 15.2. The van der Waals surface area contributed by atoms with Gasteiger partial charge in [0.05, 0.1) is 18.8 Å². The highest BCUT2D eigenvalue weighted by molar-refractivity contribution is 6.01. The highest BCUT2D eigenvalue weighted by Crippen LogP contribution is 2.67. The van der Waals surface area contributed by atoms with Crippen LogP contribution in [0.15, 0.2) is 72.8 Å². The molecule has 0 unspecified atom stereocenters. The molecule has 2 saturated carbocycles. The molecule has 2 amide bonds. The number of alkyl halides is 3. The molecule has 0 radical (unpaired) electrons. The maximum absolute atomic E-state index is 14.8. The largest absolute Gasteiger partial charge is 0.416 e. The molecule has 1 aromatic heterocycles. The summed E-state index contributed by atoms with van der Waals surface area (Å²) in [5.74, 6) is -0.213. The number of ether oxygens (including phenoxy) is 1. The van der Waals surface area contributed by atoms with E-state index >= 15 is 0 Å². The summed E-state index contributed by atoms with van der Waals surface area (Å²) in [6, 6.07) is 21.0. The van der Waals surface area contributed by atoms with Crippen LogP contribution in [0.1, 0.15) is 80.7 Å². The molecule has 4 aromatic rings. The molecular weight excluding hydrogens is 653 g/mol. The minimum atomic E-state index is -4.47. The monoisotopic (exact) mass is 700 g/mol. The summed E-state index contributed by atoms with van der Waals surface area (Å²) in [5.41, 5.74) is 3.59. The molecule has 3 aromatic carbocycles. The summed E-state index contributed by atoms with van der Waals surface area (Å²) in [5, 5.41) is 4.31. The quantitative estimate of drug-likeness (QED) is 0.183. The van der Waals surface area contributed by atoms with E-state index in [0.29, 0.717) is 37.3 Å². The van der Waals surface area contributed by atoms with E-state index in [1.54, 1.807) is 4.90 Å². The molecule has 3 fully saturated rings. The number of aryl methyl sites for hydroxylation is 1. The van der Waals surface area contributed by atoms with Crippen LogP contribution in [0.25, 0.3) is 10.9 Å². The van der Waals surface area contributed by atoms with Crippen LogP contribution in [0.3, 0.4) is 0 Å². The number of H-pyrrole nitrogens is 1. The van der Waals surface area contributed by atoms with Crippen molar-refractivity contribution in [3.05, 3.63) is 95.2 Å². The van der Waals surface area contributed by atoms with Crippen molar-refractivity contribution >= 4 is 34.1 Å². The molecular formula is C41H47F3N4O3. The van der Waals surface area contributed by atoms with Gasteiger partial charge in [-0.1, -0.05) is 63.4 Å². The molecule has 2 N–H and O–H groups in total. The summed E-state index contributed by atoms with van der Waals surface area (Å²) in [4.78, 5) is 36.8. The number of hydrogen-bond acceptors (Lipinski definition) is 4. The number of aromatic amines is 1. The number of anilines is 2. The van der Waals surface area contributed by atoms with Crippen LogP contribution in [0.2, 0.25) is 0 Å². The van der Waals surface area contributed by atoms with E-state index < -0.39 is 17.3 Å². The van der Waals surface area contributed by atoms with E-state index in [4.69, 9.17) is 4.74 Å². The van der Waals surface area contributed by atoms with Gasteiger partial charge in [-0.05, 0) is 90.6 Å². The van der Waals surface area contributed by atoms with Crippen molar-refractivity contribution in [2.45, 2.75) is 83.5 Å². The number of nitrogens with zero attached hydrogens (tertiary/aromatic N) is 2. The Labute approximate surface area is 297 Å². The number of amides is 2. The van der Waals surface area contributed by atoms with Crippen LogP contribution in [-0.2, 0) is 27.0 Å². The normalized spacial score (nSPS) is 21.3. The first kappa shape index (κ1) is 35.1. The molecule has 7 rings (SSSR count). The fourth-order valence-corrected chi connectivity index (χ4v) is 8.74. The second kappa shape index (κ2) is 13.7. The van der Waals surface area contributed by atoms with Crippen LogP contribution in [0.5, 0.6) is 0 Å². The van der Waals surface area contributed by atoms with Crippen LogP contribution in [0.4, 0.5) is 24.5 Å². The first-order valence-corrected chi connectivity index (χ1v) is 18.2. The standard InChI is InChI=1S/C41H47F3N4O3/c1-27-36(32-9-5-6-10-34(32)45-27)37-33(39(37,2)3)25-35(49)48(26-28-11-13-29(14-12-28)41(42,43)44)40(19-7-4-8-20-40)38(50)46-30-15-17-31(18-16-30)47-21-23-51-24-22-47/h5-6,9-18,33,37,45H,4,7-8,19-26H2,1-3H3,(H,46,50)/t33-,37+/m1/s1. The Kier molecular flexibility index (Phi) is 9.41. The minimum absolute atomic E-state index is 0.0365. The molecule has 270 valence electrons. The average molecular weight is 701 g/mol. The van der Waals surface area contributed by atoms with E-state index in [1.807, 2.05) is 36.4 Å². The highest BCUT2D eigenvalue weighted by Gasteiger charge is 2.60. The summed E-state index contributed by atoms with van der Waals surface area (Å²) >= 11 is 0. The first-order valence-electron chi connectivity index (χ1n) is 18.2. The third-order valence-electron chi connectivity index (χ3n) is 11.7. The fourth-order valence-electron chi connectivity index (χ4n) is 8.74. The van der Waals surface area contributed by atoms with Crippen molar-refractivity contribution in [1.82, 2.24) is 9.88 Å². The molecule has 3 aliphatic rings. The molecule has 2 atom stereocenters. The van der Waals surface area contributed by atoms with Crippen molar-refractivity contribution < 1.29 is 27.5 Å². The maximum atomic E-state index is 14.8. The maximum Gasteiger partial charge on any atom is 0.416 e.